The topological polar surface area (TPSA) is 83.4 Å². The van der Waals surface area contributed by atoms with E-state index in [1.165, 1.54) is 6.20 Å². The number of hydrogen-bond donors (Lipinski definition) is 2. The number of nitrogens with zero attached hydrogens (tertiary/aromatic N) is 1. The van der Waals surface area contributed by atoms with Gasteiger partial charge in [0, 0.05) is 22.4 Å². The van der Waals surface area contributed by atoms with Crippen LogP contribution in [0.3, 0.4) is 0 Å². The van der Waals surface area contributed by atoms with Crippen LogP contribution < -0.4 is 20.1 Å². The minimum absolute atomic E-state index is 0.0229. The van der Waals surface area contributed by atoms with Crippen molar-refractivity contribution in [3.8, 4) is 17.6 Å². The maximum atomic E-state index is 12.3. The Balaban J connectivity index is 2.08. The summed E-state index contributed by atoms with van der Waals surface area (Å²) in [5, 5.41) is 15.0. The number of ether oxygens (including phenoxy) is 2. The minimum atomic E-state index is -0.480. The van der Waals surface area contributed by atoms with Gasteiger partial charge in [0.15, 0.2) is 11.5 Å². The smallest absolute Gasteiger partial charge is 0.267 e. The highest BCUT2D eigenvalue weighted by Gasteiger charge is 2.12. The molecule has 2 aromatic carbocycles. The zero-order valence-corrected chi connectivity index (χ0v) is 16.8. The lowest BCUT2D eigenvalue weighted by molar-refractivity contribution is -0.112. The number of carbonyl (C=O) groups is 1. The minimum Gasteiger partial charge on any atom is -0.493 e. The van der Waals surface area contributed by atoms with Crippen LogP contribution in [0, 0.1) is 11.3 Å². The van der Waals surface area contributed by atoms with Gasteiger partial charge >= 0.3 is 0 Å². The van der Waals surface area contributed by atoms with Crippen molar-refractivity contribution in [3.05, 3.63) is 64.3 Å². The fourth-order valence-electron chi connectivity index (χ4n) is 2.31. The zero-order valence-electron chi connectivity index (χ0n) is 15.2. The van der Waals surface area contributed by atoms with Crippen molar-refractivity contribution in [3.63, 3.8) is 0 Å². The summed E-state index contributed by atoms with van der Waals surface area (Å²) in [6.07, 6.45) is 1.41. The molecule has 0 fully saturated rings. The Labute approximate surface area is 166 Å². The van der Waals surface area contributed by atoms with E-state index in [-0.39, 0.29) is 11.6 Å². The number of nitrogens with one attached hydrogen (secondary N) is 2. The van der Waals surface area contributed by atoms with Gasteiger partial charge in [0.1, 0.15) is 11.6 Å². The van der Waals surface area contributed by atoms with Gasteiger partial charge in [0.2, 0.25) is 0 Å². The Kier molecular flexibility index (Phi) is 7.26. The van der Waals surface area contributed by atoms with Gasteiger partial charge < -0.3 is 20.1 Å². The molecule has 2 aromatic rings. The van der Waals surface area contributed by atoms with Crippen molar-refractivity contribution >= 4 is 27.5 Å². The number of benzene rings is 2. The van der Waals surface area contributed by atoms with Crippen molar-refractivity contribution in [2.75, 3.05) is 19.5 Å². The van der Waals surface area contributed by atoms with E-state index in [1.807, 2.05) is 43.3 Å². The van der Waals surface area contributed by atoms with Gasteiger partial charge in [-0.05, 0) is 48.9 Å². The molecule has 1 atom stereocenters. The van der Waals surface area contributed by atoms with Crippen molar-refractivity contribution in [2.24, 2.45) is 0 Å². The average Bonchev–Trinajstić information content (AvgIpc) is 2.69. The highest BCUT2D eigenvalue weighted by Crippen LogP contribution is 2.29. The summed E-state index contributed by atoms with van der Waals surface area (Å²) in [6.45, 7) is 1.92. The highest BCUT2D eigenvalue weighted by molar-refractivity contribution is 9.10. The number of methoxy groups -OCH3 is 2. The monoisotopic (exact) mass is 429 g/mol. The van der Waals surface area contributed by atoms with E-state index in [2.05, 4.69) is 26.6 Å². The lowest BCUT2D eigenvalue weighted by Crippen LogP contribution is -2.18. The summed E-state index contributed by atoms with van der Waals surface area (Å²) in [4.78, 5) is 12.3. The molecule has 2 N–H and O–H groups in total. The zero-order chi connectivity index (χ0) is 19.8. The molecule has 2 rings (SSSR count). The van der Waals surface area contributed by atoms with E-state index >= 15 is 0 Å². The number of carbonyl (C=O) groups excluding carboxylic acids is 1. The van der Waals surface area contributed by atoms with E-state index < -0.39 is 5.91 Å². The molecule has 140 valence electrons. The summed E-state index contributed by atoms with van der Waals surface area (Å²) >= 11 is 3.33. The Bertz CT molecular complexity index is 873. The van der Waals surface area contributed by atoms with Gasteiger partial charge in [0.05, 0.1) is 14.2 Å². The first-order chi connectivity index (χ1) is 13.0. The first-order valence-electron chi connectivity index (χ1n) is 8.13. The van der Waals surface area contributed by atoms with Crippen LogP contribution in [0.5, 0.6) is 11.5 Å². The van der Waals surface area contributed by atoms with Gasteiger partial charge in [0.25, 0.3) is 5.91 Å². The average molecular weight is 430 g/mol. The van der Waals surface area contributed by atoms with Crippen molar-refractivity contribution < 1.29 is 14.3 Å². The molecule has 0 aromatic heterocycles. The third-order valence-corrected chi connectivity index (χ3v) is 4.38. The molecule has 0 aliphatic rings. The standard InChI is InChI=1S/C20H20BrN3O3/c1-13(14-4-9-18(26-2)19(10-14)27-3)23-12-15(11-22)20(25)24-17-7-5-16(21)6-8-17/h4-10,12-13,23H,1-3H3,(H,24,25)/b15-12-. The molecule has 0 saturated heterocycles. The van der Waals surface area contributed by atoms with Gasteiger partial charge in [-0.15, -0.1) is 0 Å². The van der Waals surface area contributed by atoms with Gasteiger partial charge in [-0.3, -0.25) is 4.79 Å². The highest BCUT2D eigenvalue weighted by atomic mass is 79.9. The van der Waals surface area contributed by atoms with Crippen LogP contribution in [0.1, 0.15) is 18.5 Å². The molecule has 27 heavy (non-hydrogen) atoms. The molecule has 0 heterocycles. The third kappa shape index (κ3) is 5.50. The molecule has 1 unspecified atom stereocenters. The molecule has 0 aliphatic carbocycles. The number of anilines is 1. The van der Waals surface area contributed by atoms with Crippen LogP contribution in [0.25, 0.3) is 0 Å². The third-order valence-electron chi connectivity index (χ3n) is 3.85. The van der Waals surface area contributed by atoms with E-state index in [0.717, 1.165) is 10.0 Å². The number of amides is 1. The molecule has 0 spiro atoms. The Morgan fingerprint density at radius 3 is 2.41 bits per heavy atom. The normalized spacial score (nSPS) is 11.9. The van der Waals surface area contributed by atoms with Crippen molar-refractivity contribution in [2.45, 2.75) is 13.0 Å². The first-order valence-corrected chi connectivity index (χ1v) is 8.93. The van der Waals surface area contributed by atoms with E-state index in [1.54, 1.807) is 26.4 Å². The van der Waals surface area contributed by atoms with Crippen LogP contribution >= 0.6 is 15.9 Å². The van der Waals surface area contributed by atoms with Crippen LogP contribution in [0.4, 0.5) is 5.69 Å². The van der Waals surface area contributed by atoms with Gasteiger partial charge in [-0.2, -0.15) is 5.26 Å². The maximum absolute atomic E-state index is 12.3. The molecule has 1 amide bonds. The number of nitriles is 1. The SMILES string of the molecule is COc1ccc(C(C)N/C=C(/C#N)C(=O)Nc2ccc(Br)cc2)cc1OC. The summed E-state index contributed by atoms with van der Waals surface area (Å²) < 4.78 is 11.4. The van der Waals surface area contributed by atoms with Gasteiger partial charge in [-0.1, -0.05) is 22.0 Å². The number of rotatable bonds is 7. The predicted molar refractivity (Wildman–Crippen MR) is 108 cm³/mol. The molecule has 0 aliphatic heterocycles. The molecule has 7 heteroatoms. The largest absolute Gasteiger partial charge is 0.493 e. The van der Waals surface area contributed by atoms with E-state index in [0.29, 0.717) is 17.2 Å². The van der Waals surface area contributed by atoms with Crippen molar-refractivity contribution in [1.29, 1.82) is 5.26 Å². The molecule has 0 saturated carbocycles. The van der Waals surface area contributed by atoms with Crippen LogP contribution in [0.2, 0.25) is 0 Å². The first kappa shape index (κ1) is 20.3. The summed E-state index contributed by atoms with van der Waals surface area (Å²) in [5.74, 6) is 0.767. The molecular formula is C20H20BrN3O3. The molecule has 6 nitrogen and oxygen atoms in total. The van der Waals surface area contributed by atoms with E-state index in [4.69, 9.17) is 9.47 Å². The molecule has 0 bridgehead atoms. The van der Waals surface area contributed by atoms with Crippen LogP contribution in [0.15, 0.2) is 58.7 Å². The second-order valence-electron chi connectivity index (χ2n) is 5.63. The second kappa shape index (κ2) is 9.64. The quantitative estimate of drug-likeness (QED) is 0.509. The maximum Gasteiger partial charge on any atom is 0.267 e. The Morgan fingerprint density at radius 1 is 1.15 bits per heavy atom. The summed E-state index contributed by atoms with van der Waals surface area (Å²) in [6, 6.07) is 14.4. The van der Waals surface area contributed by atoms with E-state index in [9.17, 15) is 10.1 Å². The fraction of sp³-hybridized carbons (Fsp3) is 0.200. The number of halogens is 1. The van der Waals surface area contributed by atoms with Gasteiger partial charge in [-0.25, -0.2) is 0 Å². The molecule has 0 radical (unpaired) electrons. The summed E-state index contributed by atoms with van der Waals surface area (Å²) in [7, 11) is 3.14. The number of hydrogen-bond acceptors (Lipinski definition) is 5. The Morgan fingerprint density at radius 2 is 1.81 bits per heavy atom. The lowest BCUT2D eigenvalue weighted by Gasteiger charge is -2.15. The fourth-order valence-corrected chi connectivity index (χ4v) is 2.57. The predicted octanol–water partition coefficient (Wildman–Crippen LogP) is 4.16. The lowest BCUT2D eigenvalue weighted by atomic mass is 10.1. The van der Waals surface area contributed by atoms with Crippen LogP contribution in [-0.4, -0.2) is 20.1 Å². The second-order valence-corrected chi connectivity index (χ2v) is 6.55. The van der Waals surface area contributed by atoms with Crippen molar-refractivity contribution in [1.82, 2.24) is 5.32 Å². The van der Waals surface area contributed by atoms with Crippen LogP contribution in [-0.2, 0) is 4.79 Å². The molecular weight excluding hydrogens is 410 g/mol. The Hall–Kier alpha value is -2.98. The summed E-state index contributed by atoms with van der Waals surface area (Å²) in [5.41, 5.74) is 1.51.